The van der Waals surface area contributed by atoms with Gasteiger partial charge in [-0.05, 0) is 56.7 Å². The minimum absolute atomic E-state index is 0.0982. The van der Waals surface area contributed by atoms with Gasteiger partial charge in [-0.1, -0.05) is 0 Å². The molecule has 3 rings (SSSR count). The normalized spacial score (nSPS) is 20.0. The monoisotopic (exact) mass is 362 g/mol. The molecule has 2 saturated heterocycles. The van der Waals surface area contributed by atoms with Crippen LogP contribution in [-0.4, -0.2) is 54.4 Å². The third kappa shape index (κ3) is 3.55. The van der Waals surface area contributed by atoms with Crippen LogP contribution in [0.5, 0.6) is 5.75 Å². The molecule has 2 aliphatic rings. The van der Waals surface area contributed by atoms with Gasteiger partial charge in [0.1, 0.15) is 11.6 Å². The molecule has 0 bridgehead atoms. The van der Waals surface area contributed by atoms with Gasteiger partial charge in [0.25, 0.3) is 5.91 Å². The fourth-order valence-electron chi connectivity index (χ4n) is 4.12. The molecule has 0 saturated carbocycles. The van der Waals surface area contributed by atoms with Gasteiger partial charge in [0.2, 0.25) is 5.91 Å². The van der Waals surface area contributed by atoms with Gasteiger partial charge < -0.3 is 14.5 Å². The highest BCUT2D eigenvalue weighted by molar-refractivity contribution is 5.97. The van der Waals surface area contributed by atoms with Gasteiger partial charge in [0.05, 0.1) is 12.7 Å². The molecular weight excluding hydrogens is 335 g/mol. The van der Waals surface area contributed by atoms with Crippen LogP contribution in [0.4, 0.5) is 4.39 Å². The topological polar surface area (TPSA) is 49.9 Å². The Labute approximate surface area is 154 Å². The number of ether oxygens (including phenoxy) is 1. The van der Waals surface area contributed by atoms with E-state index in [9.17, 15) is 14.0 Å². The number of nitrogens with zero attached hydrogens (tertiary/aromatic N) is 2. The summed E-state index contributed by atoms with van der Waals surface area (Å²) in [6.07, 6.45) is 3.21. The SMILES string of the molecule is COc1ccc(F)cc1C(=O)N1CCC2(CCC(=O)N(C(C)C)C2)CC1. The van der Waals surface area contributed by atoms with E-state index in [-0.39, 0.29) is 28.8 Å². The molecule has 0 aliphatic carbocycles. The summed E-state index contributed by atoms with van der Waals surface area (Å²) in [4.78, 5) is 28.7. The van der Waals surface area contributed by atoms with E-state index in [1.165, 1.54) is 25.3 Å². The second kappa shape index (κ2) is 7.25. The Hall–Kier alpha value is -2.11. The van der Waals surface area contributed by atoms with Crippen LogP contribution >= 0.6 is 0 Å². The van der Waals surface area contributed by atoms with Crippen molar-refractivity contribution >= 4 is 11.8 Å². The van der Waals surface area contributed by atoms with E-state index in [2.05, 4.69) is 0 Å². The first-order chi connectivity index (χ1) is 12.3. The standard InChI is InChI=1S/C20H27FN2O3/c1-14(2)23-13-20(7-6-18(23)24)8-10-22(11-9-20)19(25)16-12-15(21)4-5-17(16)26-3/h4-5,12,14H,6-11,13H2,1-3H3. The number of benzene rings is 1. The fraction of sp³-hybridized carbons (Fsp3) is 0.600. The van der Waals surface area contributed by atoms with Gasteiger partial charge in [-0.2, -0.15) is 0 Å². The maximum atomic E-state index is 13.6. The summed E-state index contributed by atoms with van der Waals surface area (Å²) >= 11 is 0. The van der Waals surface area contributed by atoms with Gasteiger partial charge in [0, 0.05) is 32.1 Å². The van der Waals surface area contributed by atoms with Crippen molar-refractivity contribution in [2.75, 3.05) is 26.7 Å². The van der Waals surface area contributed by atoms with Crippen LogP contribution in [0.2, 0.25) is 0 Å². The van der Waals surface area contributed by atoms with Gasteiger partial charge in [-0.25, -0.2) is 4.39 Å². The third-order valence-corrected chi connectivity index (χ3v) is 5.82. The van der Waals surface area contributed by atoms with E-state index in [1.54, 1.807) is 4.90 Å². The highest BCUT2D eigenvalue weighted by atomic mass is 19.1. The van der Waals surface area contributed by atoms with Crippen molar-refractivity contribution in [3.05, 3.63) is 29.6 Å². The molecule has 2 heterocycles. The van der Waals surface area contributed by atoms with Crippen LogP contribution in [0, 0.1) is 11.2 Å². The molecule has 2 aliphatic heterocycles. The molecule has 142 valence electrons. The summed E-state index contributed by atoms with van der Waals surface area (Å²) in [6.45, 7) is 6.11. The summed E-state index contributed by atoms with van der Waals surface area (Å²) in [5, 5.41) is 0. The lowest BCUT2D eigenvalue weighted by atomic mass is 9.72. The predicted octanol–water partition coefficient (Wildman–Crippen LogP) is 3.09. The maximum Gasteiger partial charge on any atom is 0.257 e. The molecule has 6 heteroatoms. The van der Waals surface area contributed by atoms with Crippen molar-refractivity contribution in [1.29, 1.82) is 0 Å². The van der Waals surface area contributed by atoms with E-state index in [1.807, 2.05) is 18.7 Å². The maximum absolute atomic E-state index is 13.6. The molecule has 5 nitrogen and oxygen atoms in total. The highest BCUT2D eigenvalue weighted by Crippen LogP contribution is 2.41. The summed E-state index contributed by atoms with van der Waals surface area (Å²) < 4.78 is 18.8. The Morgan fingerprint density at radius 1 is 1.23 bits per heavy atom. The minimum atomic E-state index is -0.444. The molecule has 1 spiro atoms. The quantitative estimate of drug-likeness (QED) is 0.830. The van der Waals surface area contributed by atoms with Crippen molar-refractivity contribution in [2.24, 2.45) is 5.41 Å². The van der Waals surface area contributed by atoms with Gasteiger partial charge in [-0.15, -0.1) is 0 Å². The highest BCUT2D eigenvalue weighted by Gasteiger charge is 2.42. The molecule has 0 radical (unpaired) electrons. The van der Waals surface area contributed by atoms with Gasteiger partial charge in [-0.3, -0.25) is 9.59 Å². The molecule has 2 amide bonds. The molecular formula is C20H27FN2O3. The van der Waals surface area contributed by atoms with E-state index >= 15 is 0 Å². The molecule has 0 unspecified atom stereocenters. The third-order valence-electron chi connectivity index (χ3n) is 5.82. The number of halogens is 1. The van der Waals surface area contributed by atoms with E-state index in [4.69, 9.17) is 4.74 Å². The first-order valence-electron chi connectivity index (χ1n) is 9.27. The Kier molecular flexibility index (Phi) is 5.21. The zero-order chi connectivity index (χ0) is 18.9. The van der Waals surface area contributed by atoms with Crippen LogP contribution in [0.15, 0.2) is 18.2 Å². The van der Waals surface area contributed by atoms with Crippen molar-refractivity contribution in [1.82, 2.24) is 9.80 Å². The largest absolute Gasteiger partial charge is 0.496 e. The van der Waals surface area contributed by atoms with Crippen LogP contribution in [-0.2, 0) is 4.79 Å². The lowest BCUT2D eigenvalue weighted by molar-refractivity contribution is -0.141. The molecule has 2 fully saturated rings. The zero-order valence-corrected chi connectivity index (χ0v) is 15.8. The Bertz CT molecular complexity index is 696. The lowest BCUT2D eigenvalue weighted by Crippen LogP contribution is -2.54. The predicted molar refractivity (Wildman–Crippen MR) is 96.6 cm³/mol. The molecule has 1 aromatic rings. The van der Waals surface area contributed by atoms with E-state index in [0.717, 1.165) is 25.8 Å². The first kappa shape index (κ1) is 18.7. The molecule has 0 atom stereocenters. The second-order valence-electron chi connectivity index (χ2n) is 7.75. The number of hydrogen-bond acceptors (Lipinski definition) is 3. The van der Waals surface area contributed by atoms with Crippen molar-refractivity contribution < 1.29 is 18.7 Å². The summed E-state index contributed by atoms with van der Waals surface area (Å²) in [7, 11) is 1.48. The zero-order valence-electron chi connectivity index (χ0n) is 15.8. The van der Waals surface area contributed by atoms with Crippen LogP contribution in [0.25, 0.3) is 0 Å². The van der Waals surface area contributed by atoms with Gasteiger partial charge in [0.15, 0.2) is 0 Å². The minimum Gasteiger partial charge on any atom is -0.496 e. The number of amides is 2. The van der Waals surface area contributed by atoms with Crippen molar-refractivity contribution in [2.45, 2.75) is 45.6 Å². The molecule has 0 aromatic heterocycles. The number of carbonyl (C=O) groups excluding carboxylic acids is 2. The number of likely N-dealkylation sites (tertiary alicyclic amines) is 2. The summed E-state index contributed by atoms with van der Waals surface area (Å²) in [5.74, 6) is -0.00985. The number of rotatable bonds is 3. The number of methoxy groups -OCH3 is 1. The van der Waals surface area contributed by atoms with Crippen molar-refractivity contribution in [3.8, 4) is 5.75 Å². The smallest absolute Gasteiger partial charge is 0.257 e. The Morgan fingerprint density at radius 3 is 2.54 bits per heavy atom. The Balaban J connectivity index is 1.70. The summed E-state index contributed by atoms with van der Waals surface area (Å²) in [5.41, 5.74) is 0.368. The van der Waals surface area contributed by atoms with Crippen molar-refractivity contribution in [3.63, 3.8) is 0 Å². The van der Waals surface area contributed by atoms with E-state index in [0.29, 0.717) is 25.3 Å². The fourth-order valence-corrected chi connectivity index (χ4v) is 4.12. The molecule has 1 aromatic carbocycles. The number of hydrogen-bond donors (Lipinski definition) is 0. The Morgan fingerprint density at radius 2 is 1.92 bits per heavy atom. The second-order valence-corrected chi connectivity index (χ2v) is 7.75. The summed E-state index contributed by atoms with van der Waals surface area (Å²) in [6, 6.07) is 4.23. The average Bonchev–Trinajstić information content (AvgIpc) is 2.64. The van der Waals surface area contributed by atoms with Crippen LogP contribution in [0.3, 0.4) is 0 Å². The lowest BCUT2D eigenvalue weighted by Gasteiger charge is -2.48. The van der Waals surface area contributed by atoms with Gasteiger partial charge >= 0.3 is 0 Å². The molecule has 0 N–H and O–H groups in total. The first-order valence-corrected chi connectivity index (χ1v) is 9.27. The van der Waals surface area contributed by atoms with Crippen LogP contribution < -0.4 is 4.74 Å². The number of carbonyl (C=O) groups is 2. The molecule has 26 heavy (non-hydrogen) atoms. The van der Waals surface area contributed by atoms with E-state index < -0.39 is 5.82 Å². The average molecular weight is 362 g/mol. The number of piperidine rings is 2. The van der Waals surface area contributed by atoms with Crippen LogP contribution in [0.1, 0.15) is 49.9 Å².